The molecule has 0 unspecified atom stereocenters. The van der Waals surface area contributed by atoms with Gasteiger partial charge in [0, 0.05) is 16.6 Å². The summed E-state index contributed by atoms with van der Waals surface area (Å²) < 4.78 is 0. The van der Waals surface area contributed by atoms with Gasteiger partial charge in [0.05, 0.1) is 11.4 Å². The van der Waals surface area contributed by atoms with Crippen molar-refractivity contribution in [3.8, 4) is 66.8 Å². The van der Waals surface area contributed by atoms with E-state index in [-0.39, 0.29) is 0 Å². The first-order chi connectivity index (χ1) is 29.3. The number of hydrogen-bond acceptors (Lipinski definition) is 1. The molecule has 0 saturated carbocycles. The molecule has 0 radical (unpaired) electrons. The second-order valence-electron chi connectivity index (χ2n) is 14.9. The van der Waals surface area contributed by atoms with Crippen LogP contribution >= 0.6 is 0 Å². The van der Waals surface area contributed by atoms with Crippen LogP contribution in [0.2, 0.25) is 0 Å². The molecule has 0 fully saturated rings. The van der Waals surface area contributed by atoms with Crippen molar-refractivity contribution in [2.75, 3.05) is 4.90 Å². The van der Waals surface area contributed by atoms with Crippen LogP contribution in [0.3, 0.4) is 0 Å². The first kappa shape index (κ1) is 35.7. The molecule has 10 aromatic rings. The summed E-state index contributed by atoms with van der Waals surface area (Å²) in [6.07, 6.45) is 0. The highest BCUT2D eigenvalue weighted by atomic mass is 15.1. The van der Waals surface area contributed by atoms with Crippen molar-refractivity contribution in [2.24, 2.45) is 0 Å². The Kier molecular flexibility index (Phi) is 9.68. The fourth-order valence-electron chi connectivity index (χ4n) is 8.44. The topological polar surface area (TPSA) is 3.24 Å². The lowest BCUT2D eigenvalue weighted by atomic mass is 9.88. The van der Waals surface area contributed by atoms with Crippen LogP contribution in [0.25, 0.3) is 77.5 Å². The number of para-hydroxylation sites is 1. The molecule has 0 N–H and O–H groups in total. The average Bonchev–Trinajstić information content (AvgIpc) is 3.33. The molecule has 1 heteroatoms. The third-order valence-corrected chi connectivity index (χ3v) is 11.3. The normalized spacial score (nSPS) is 11.1. The highest BCUT2D eigenvalue weighted by Gasteiger charge is 2.21. The molecule has 0 saturated heterocycles. The maximum absolute atomic E-state index is 2.44. The van der Waals surface area contributed by atoms with Crippen LogP contribution in [0.5, 0.6) is 0 Å². The molecule has 278 valence electrons. The summed E-state index contributed by atoms with van der Waals surface area (Å²) in [5.74, 6) is 0. The summed E-state index contributed by atoms with van der Waals surface area (Å²) in [6.45, 7) is 0. The first-order valence-electron chi connectivity index (χ1n) is 20.3. The fraction of sp³-hybridized carbons (Fsp3) is 0. The zero-order chi connectivity index (χ0) is 39.4. The van der Waals surface area contributed by atoms with Gasteiger partial charge in [-0.2, -0.15) is 0 Å². The van der Waals surface area contributed by atoms with Crippen LogP contribution in [0, 0.1) is 0 Å². The number of fused-ring (bicyclic) bond motifs is 1. The van der Waals surface area contributed by atoms with Crippen LogP contribution in [0.1, 0.15) is 0 Å². The Hall–Kier alpha value is -7.74. The van der Waals surface area contributed by atoms with Crippen molar-refractivity contribution in [3.63, 3.8) is 0 Å². The van der Waals surface area contributed by atoms with E-state index in [9.17, 15) is 0 Å². The van der Waals surface area contributed by atoms with Crippen molar-refractivity contribution >= 4 is 27.8 Å². The van der Waals surface area contributed by atoms with E-state index in [1.165, 1.54) is 66.4 Å². The molecule has 0 aliphatic carbocycles. The van der Waals surface area contributed by atoms with Crippen molar-refractivity contribution in [3.05, 3.63) is 249 Å². The molecule has 0 heterocycles. The fourth-order valence-corrected chi connectivity index (χ4v) is 8.44. The molecule has 0 aliphatic rings. The predicted molar refractivity (Wildman–Crippen MR) is 251 cm³/mol. The molecule has 1 nitrogen and oxygen atoms in total. The molecule has 0 spiro atoms. The SMILES string of the molecule is c1ccc(-c2cc(-c3ccccc3)cc(-c3ccc(N(c4ccccc4-c4ccccc4-c4ccccc4-c4ccccc4)c4cccc5ccccc45)cc3)c2)cc1. The van der Waals surface area contributed by atoms with Crippen LogP contribution in [-0.4, -0.2) is 0 Å². The third kappa shape index (κ3) is 7.12. The average molecular weight is 752 g/mol. The standard InChI is InChI=1S/C58H41N/c1-4-19-42(20-5-1)47-39-48(43-21-6-2-7-22-43)41-49(40-47)44-35-37-50(38-36-44)59(57-34-18-26-46-25-10-11-28-52(46)57)58-33-17-16-32-56(58)55-31-15-14-30-54(55)53-29-13-12-27-51(53)45-23-8-3-9-24-45/h1-41H. The monoisotopic (exact) mass is 751 g/mol. The summed E-state index contributed by atoms with van der Waals surface area (Å²) in [7, 11) is 0. The number of rotatable bonds is 9. The largest absolute Gasteiger partial charge is 0.309 e. The quantitative estimate of drug-likeness (QED) is 0.142. The van der Waals surface area contributed by atoms with Crippen molar-refractivity contribution in [1.82, 2.24) is 0 Å². The molecule has 0 aliphatic heterocycles. The second kappa shape index (κ2) is 16.0. The van der Waals surface area contributed by atoms with E-state index in [0.717, 1.165) is 28.2 Å². The number of nitrogens with zero attached hydrogens (tertiary/aromatic N) is 1. The first-order valence-corrected chi connectivity index (χ1v) is 20.3. The highest BCUT2D eigenvalue weighted by molar-refractivity contribution is 6.03. The van der Waals surface area contributed by atoms with Crippen molar-refractivity contribution in [1.29, 1.82) is 0 Å². The maximum atomic E-state index is 2.44. The van der Waals surface area contributed by atoms with Gasteiger partial charge in [0.1, 0.15) is 0 Å². The Morgan fingerprint density at radius 3 is 1.20 bits per heavy atom. The van der Waals surface area contributed by atoms with Gasteiger partial charge in [0.2, 0.25) is 0 Å². The summed E-state index contributed by atoms with van der Waals surface area (Å²) in [5, 5.41) is 2.40. The molecule has 0 atom stereocenters. The highest BCUT2D eigenvalue weighted by Crippen LogP contribution is 2.47. The van der Waals surface area contributed by atoms with Gasteiger partial charge < -0.3 is 4.90 Å². The molecular weight excluding hydrogens is 711 g/mol. The van der Waals surface area contributed by atoms with Gasteiger partial charge in [-0.05, 0) is 109 Å². The van der Waals surface area contributed by atoms with Crippen LogP contribution < -0.4 is 4.90 Å². The molecule has 0 amide bonds. The Bertz CT molecular complexity index is 2960. The van der Waals surface area contributed by atoms with Gasteiger partial charge >= 0.3 is 0 Å². The van der Waals surface area contributed by atoms with E-state index in [4.69, 9.17) is 0 Å². The van der Waals surface area contributed by atoms with E-state index < -0.39 is 0 Å². The molecular formula is C58H41N. The van der Waals surface area contributed by atoms with Gasteiger partial charge in [0.25, 0.3) is 0 Å². The summed E-state index contributed by atoms with van der Waals surface area (Å²) >= 11 is 0. The lowest BCUT2D eigenvalue weighted by Crippen LogP contribution is -2.12. The minimum atomic E-state index is 1.09. The van der Waals surface area contributed by atoms with E-state index in [2.05, 4.69) is 254 Å². The zero-order valence-corrected chi connectivity index (χ0v) is 32.6. The van der Waals surface area contributed by atoms with Gasteiger partial charge in [-0.25, -0.2) is 0 Å². The Labute approximate surface area is 346 Å². The lowest BCUT2D eigenvalue weighted by molar-refractivity contribution is 1.30. The third-order valence-electron chi connectivity index (χ3n) is 11.3. The Balaban J connectivity index is 1.14. The van der Waals surface area contributed by atoms with Gasteiger partial charge in [0.15, 0.2) is 0 Å². The second-order valence-corrected chi connectivity index (χ2v) is 14.9. The van der Waals surface area contributed by atoms with Gasteiger partial charge in [-0.15, -0.1) is 0 Å². The lowest BCUT2D eigenvalue weighted by Gasteiger charge is -2.29. The van der Waals surface area contributed by atoms with E-state index in [0.29, 0.717) is 0 Å². The van der Waals surface area contributed by atoms with Crippen LogP contribution in [0.4, 0.5) is 17.1 Å². The Morgan fingerprint density at radius 1 is 0.220 bits per heavy atom. The number of hydrogen-bond donors (Lipinski definition) is 0. The Morgan fingerprint density at radius 2 is 0.610 bits per heavy atom. The molecule has 0 aromatic heterocycles. The van der Waals surface area contributed by atoms with Gasteiger partial charge in [-0.3, -0.25) is 0 Å². The van der Waals surface area contributed by atoms with Crippen LogP contribution in [-0.2, 0) is 0 Å². The summed E-state index contributed by atoms with van der Waals surface area (Å²) in [6, 6.07) is 89.9. The minimum Gasteiger partial charge on any atom is -0.309 e. The summed E-state index contributed by atoms with van der Waals surface area (Å²) in [5.41, 5.74) is 17.6. The smallest absolute Gasteiger partial charge is 0.0540 e. The van der Waals surface area contributed by atoms with Crippen LogP contribution in [0.15, 0.2) is 249 Å². The number of anilines is 3. The molecule has 10 aromatic carbocycles. The van der Waals surface area contributed by atoms with Crippen molar-refractivity contribution in [2.45, 2.75) is 0 Å². The van der Waals surface area contributed by atoms with E-state index in [1.807, 2.05) is 0 Å². The van der Waals surface area contributed by atoms with Gasteiger partial charge in [-0.1, -0.05) is 206 Å². The molecule has 10 rings (SSSR count). The minimum absolute atomic E-state index is 1.09. The van der Waals surface area contributed by atoms with Crippen molar-refractivity contribution < 1.29 is 0 Å². The predicted octanol–water partition coefficient (Wildman–Crippen LogP) is 16.3. The maximum Gasteiger partial charge on any atom is 0.0540 e. The van der Waals surface area contributed by atoms with E-state index in [1.54, 1.807) is 0 Å². The summed E-state index contributed by atoms with van der Waals surface area (Å²) in [4.78, 5) is 2.44. The molecule has 59 heavy (non-hydrogen) atoms. The number of benzene rings is 10. The molecule has 0 bridgehead atoms. The van der Waals surface area contributed by atoms with E-state index >= 15 is 0 Å². The zero-order valence-electron chi connectivity index (χ0n) is 32.6.